The van der Waals surface area contributed by atoms with Gasteiger partial charge in [-0.15, -0.1) is 11.3 Å². The van der Waals surface area contributed by atoms with Gasteiger partial charge in [0.05, 0.1) is 30.0 Å². The summed E-state index contributed by atoms with van der Waals surface area (Å²) in [5, 5.41) is 13.1. The molecule has 3 heterocycles. The number of H-pyrrole nitrogens is 1. The fourth-order valence-corrected chi connectivity index (χ4v) is 3.89. The maximum absolute atomic E-state index is 5.48. The van der Waals surface area contributed by atoms with Crippen molar-refractivity contribution in [2.75, 3.05) is 32.8 Å². The second kappa shape index (κ2) is 8.06. The monoisotopic (exact) mass is 334 g/mol. The number of aromatic nitrogens is 2. The summed E-state index contributed by atoms with van der Waals surface area (Å²) in [7, 11) is 0. The number of ether oxygens (including phenoxy) is 1. The molecule has 3 rings (SSSR count). The molecule has 5 nitrogen and oxygen atoms in total. The zero-order valence-electron chi connectivity index (χ0n) is 13.9. The van der Waals surface area contributed by atoms with Gasteiger partial charge >= 0.3 is 0 Å². The van der Waals surface area contributed by atoms with Gasteiger partial charge in [0, 0.05) is 37.8 Å². The molecule has 1 aliphatic heterocycles. The maximum atomic E-state index is 5.48. The van der Waals surface area contributed by atoms with E-state index in [9.17, 15) is 0 Å². The lowest BCUT2D eigenvalue weighted by Gasteiger charge is -2.37. The van der Waals surface area contributed by atoms with E-state index >= 15 is 0 Å². The number of thiophene rings is 1. The third-order valence-corrected chi connectivity index (χ3v) is 5.33. The van der Waals surface area contributed by atoms with Crippen LogP contribution in [0.4, 0.5) is 0 Å². The molecule has 1 aliphatic rings. The van der Waals surface area contributed by atoms with Crippen LogP contribution < -0.4 is 5.32 Å². The van der Waals surface area contributed by atoms with Crippen molar-refractivity contribution in [3.05, 3.63) is 29.3 Å². The summed E-state index contributed by atoms with van der Waals surface area (Å²) < 4.78 is 5.48. The Balaban J connectivity index is 1.56. The molecule has 1 atom stereocenters. The van der Waals surface area contributed by atoms with Crippen LogP contribution in [0.15, 0.2) is 23.7 Å². The van der Waals surface area contributed by atoms with E-state index < -0.39 is 0 Å². The minimum absolute atomic E-state index is 0.552. The minimum Gasteiger partial charge on any atom is -0.379 e. The first-order valence-corrected chi connectivity index (χ1v) is 9.22. The summed E-state index contributed by atoms with van der Waals surface area (Å²) in [6.45, 7) is 10.2. The first-order chi connectivity index (χ1) is 11.3. The number of hydrogen-bond acceptors (Lipinski definition) is 5. The van der Waals surface area contributed by atoms with Crippen molar-refractivity contribution in [1.82, 2.24) is 20.4 Å². The highest BCUT2D eigenvalue weighted by atomic mass is 32.1. The van der Waals surface area contributed by atoms with E-state index in [-0.39, 0.29) is 0 Å². The fraction of sp³-hybridized carbons (Fsp3) is 0.588. The molecule has 0 unspecified atom stereocenters. The molecule has 2 N–H and O–H groups in total. The average Bonchev–Trinajstić information content (AvgIpc) is 3.23. The predicted octanol–water partition coefficient (Wildman–Crippen LogP) is 2.58. The molecular weight excluding hydrogens is 308 g/mol. The number of nitrogens with zero attached hydrogens (tertiary/aromatic N) is 2. The molecule has 2 aromatic heterocycles. The Morgan fingerprint density at radius 2 is 2.22 bits per heavy atom. The highest BCUT2D eigenvalue weighted by Gasteiger charge is 2.23. The van der Waals surface area contributed by atoms with Crippen LogP contribution >= 0.6 is 11.3 Å². The van der Waals surface area contributed by atoms with Crippen LogP contribution in [-0.4, -0.2) is 54.0 Å². The number of nitrogens with one attached hydrogen (secondary N) is 2. The van der Waals surface area contributed by atoms with Gasteiger partial charge in [-0.25, -0.2) is 0 Å². The van der Waals surface area contributed by atoms with E-state index in [0.717, 1.165) is 45.1 Å². The van der Waals surface area contributed by atoms with Crippen molar-refractivity contribution in [1.29, 1.82) is 0 Å². The fourth-order valence-electron chi connectivity index (χ4n) is 3.13. The summed E-state index contributed by atoms with van der Waals surface area (Å²) in [6.07, 6.45) is 1.93. The molecule has 0 saturated carbocycles. The summed E-state index contributed by atoms with van der Waals surface area (Å²) in [6, 6.07) is 4.76. The molecule has 126 valence electrons. The zero-order valence-corrected chi connectivity index (χ0v) is 14.7. The third-order valence-electron chi connectivity index (χ3n) is 4.44. The van der Waals surface area contributed by atoms with E-state index in [1.54, 1.807) is 11.3 Å². The van der Waals surface area contributed by atoms with Crippen LogP contribution in [0, 0.1) is 5.92 Å². The zero-order chi connectivity index (χ0) is 16.1. The smallest absolute Gasteiger partial charge is 0.0794 e. The lowest BCUT2D eigenvalue weighted by Crippen LogP contribution is -2.50. The predicted molar refractivity (Wildman–Crippen MR) is 94.6 cm³/mol. The number of rotatable bonds is 7. The first-order valence-electron chi connectivity index (χ1n) is 8.34. The molecule has 0 radical (unpaired) electrons. The van der Waals surface area contributed by atoms with E-state index in [2.05, 4.69) is 51.8 Å². The average molecular weight is 334 g/mol. The molecule has 23 heavy (non-hydrogen) atoms. The molecule has 6 heteroatoms. The highest BCUT2D eigenvalue weighted by molar-refractivity contribution is 7.13. The number of morpholine rings is 1. The van der Waals surface area contributed by atoms with E-state index in [1.165, 1.54) is 10.4 Å². The minimum atomic E-state index is 0.552. The van der Waals surface area contributed by atoms with Gasteiger partial charge < -0.3 is 10.1 Å². The second-order valence-corrected chi connectivity index (χ2v) is 7.29. The normalized spacial score (nSPS) is 17.7. The summed E-state index contributed by atoms with van der Waals surface area (Å²) in [5.41, 5.74) is 2.37. The van der Waals surface area contributed by atoms with Crippen molar-refractivity contribution < 1.29 is 4.74 Å². The van der Waals surface area contributed by atoms with Gasteiger partial charge in [-0.2, -0.15) is 5.10 Å². The van der Waals surface area contributed by atoms with Gasteiger partial charge in [0.15, 0.2) is 0 Å². The highest BCUT2D eigenvalue weighted by Crippen LogP contribution is 2.25. The van der Waals surface area contributed by atoms with Crippen molar-refractivity contribution in [2.45, 2.75) is 26.4 Å². The van der Waals surface area contributed by atoms with Crippen LogP contribution in [0.1, 0.15) is 19.4 Å². The van der Waals surface area contributed by atoms with E-state index in [4.69, 9.17) is 4.74 Å². The summed E-state index contributed by atoms with van der Waals surface area (Å²) >= 11 is 1.74. The van der Waals surface area contributed by atoms with E-state index in [0.29, 0.717) is 12.0 Å². The third kappa shape index (κ3) is 4.20. The first kappa shape index (κ1) is 16.6. The van der Waals surface area contributed by atoms with Crippen molar-refractivity contribution in [3.63, 3.8) is 0 Å². The SMILES string of the molecule is CC(C)[C@@H](CNCc1cn[nH]c1-c1cccs1)N1CCOCC1. The van der Waals surface area contributed by atoms with Crippen LogP contribution in [-0.2, 0) is 11.3 Å². The van der Waals surface area contributed by atoms with Crippen molar-refractivity contribution in [3.8, 4) is 10.6 Å². The Kier molecular flexibility index (Phi) is 5.83. The van der Waals surface area contributed by atoms with Crippen molar-refractivity contribution >= 4 is 11.3 Å². The largest absolute Gasteiger partial charge is 0.379 e. The van der Waals surface area contributed by atoms with Crippen molar-refractivity contribution in [2.24, 2.45) is 5.92 Å². The van der Waals surface area contributed by atoms with Gasteiger partial charge in [0.1, 0.15) is 0 Å². The molecule has 1 fully saturated rings. The standard InChI is InChI=1S/C17H26N4OS/c1-13(2)15(21-5-7-22-8-6-21)12-18-10-14-11-19-20-17(14)16-4-3-9-23-16/h3-4,9,11,13,15,18H,5-8,10,12H2,1-2H3,(H,19,20)/t15-/m1/s1. The Bertz CT molecular complexity index is 575. The quantitative estimate of drug-likeness (QED) is 0.817. The molecule has 1 saturated heterocycles. The Hall–Kier alpha value is -1.21. The Morgan fingerprint density at radius 1 is 1.39 bits per heavy atom. The molecule has 0 spiro atoms. The molecular formula is C17H26N4OS. The maximum Gasteiger partial charge on any atom is 0.0794 e. The second-order valence-electron chi connectivity index (χ2n) is 6.34. The van der Waals surface area contributed by atoms with Crippen LogP contribution in [0.25, 0.3) is 10.6 Å². The van der Waals surface area contributed by atoms with Gasteiger partial charge in [0.25, 0.3) is 0 Å². The van der Waals surface area contributed by atoms with Crippen LogP contribution in [0.5, 0.6) is 0 Å². The van der Waals surface area contributed by atoms with Gasteiger partial charge in [-0.1, -0.05) is 19.9 Å². The molecule has 0 aliphatic carbocycles. The topological polar surface area (TPSA) is 53.2 Å². The number of hydrogen-bond donors (Lipinski definition) is 2. The van der Waals surface area contributed by atoms with Gasteiger partial charge in [0.2, 0.25) is 0 Å². The van der Waals surface area contributed by atoms with Gasteiger partial charge in [-0.05, 0) is 17.4 Å². The lowest BCUT2D eigenvalue weighted by atomic mass is 10.0. The van der Waals surface area contributed by atoms with Gasteiger partial charge in [-0.3, -0.25) is 10.00 Å². The van der Waals surface area contributed by atoms with Crippen LogP contribution in [0.3, 0.4) is 0 Å². The molecule has 0 bridgehead atoms. The van der Waals surface area contributed by atoms with E-state index in [1.807, 2.05) is 6.20 Å². The molecule has 0 aromatic carbocycles. The molecule has 0 amide bonds. The number of aromatic amines is 1. The van der Waals surface area contributed by atoms with Crippen LogP contribution in [0.2, 0.25) is 0 Å². The molecule has 2 aromatic rings. The lowest BCUT2D eigenvalue weighted by molar-refractivity contribution is 0.00648. The Morgan fingerprint density at radius 3 is 2.91 bits per heavy atom. The Labute approximate surface area is 142 Å². The summed E-state index contributed by atoms with van der Waals surface area (Å²) in [4.78, 5) is 3.80. The summed E-state index contributed by atoms with van der Waals surface area (Å²) in [5.74, 6) is 0.627.